The molecule has 0 aliphatic carbocycles. The van der Waals surface area contributed by atoms with Gasteiger partial charge in [-0.05, 0) is 11.5 Å². The van der Waals surface area contributed by atoms with Crippen molar-refractivity contribution >= 4 is 5.95 Å². The van der Waals surface area contributed by atoms with Gasteiger partial charge in [0.1, 0.15) is 0 Å². The summed E-state index contributed by atoms with van der Waals surface area (Å²) in [6, 6.07) is 2.34. The Labute approximate surface area is 97.1 Å². The molecule has 0 bridgehead atoms. The predicted molar refractivity (Wildman–Crippen MR) is 65.3 cm³/mol. The molecule has 4 nitrogen and oxygen atoms in total. The Morgan fingerprint density at radius 1 is 1.31 bits per heavy atom. The fraction of sp³-hybridized carbons (Fsp3) is 0.667. The number of nitrogens with one attached hydrogen (secondary N) is 1. The van der Waals surface area contributed by atoms with Crippen LogP contribution in [0.5, 0.6) is 0 Å². The third kappa shape index (κ3) is 3.17. The highest BCUT2D eigenvalue weighted by Crippen LogP contribution is 2.20. The summed E-state index contributed by atoms with van der Waals surface area (Å²) >= 11 is 0. The fourth-order valence-corrected chi connectivity index (χ4v) is 2.02. The minimum Gasteiger partial charge on any atom is -0.349 e. The Morgan fingerprint density at radius 3 is 2.50 bits per heavy atom. The molecule has 1 N–H and O–H groups in total. The molecule has 0 amide bonds. The lowest BCUT2D eigenvalue weighted by atomic mass is 9.93. The van der Waals surface area contributed by atoms with E-state index in [9.17, 15) is 0 Å². The van der Waals surface area contributed by atoms with Crippen molar-refractivity contribution in [3.05, 3.63) is 18.5 Å². The highest BCUT2D eigenvalue weighted by atomic mass is 15.3. The summed E-state index contributed by atoms with van der Waals surface area (Å²) in [5.74, 6) is 0.739. The third-order valence-electron chi connectivity index (χ3n) is 2.55. The van der Waals surface area contributed by atoms with Crippen LogP contribution in [0.3, 0.4) is 0 Å². The van der Waals surface area contributed by atoms with Crippen LogP contribution in [0.4, 0.5) is 5.95 Å². The maximum absolute atomic E-state index is 4.16. The van der Waals surface area contributed by atoms with E-state index >= 15 is 0 Å². The molecular weight excluding hydrogens is 200 g/mol. The predicted octanol–water partition coefficient (Wildman–Crippen LogP) is 1.62. The van der Waals surface area contributed by atoms with E-state index in [1.165, 1.54) is 0 Å². The zero-order valence-corrected chi connectivity index (χ0v) is 10.3. The molecule has 1 aromatic heterocycles. The van der Waals surface area contributed by atoms with Crippen LogP contribution in [0.15, 0.2) is 18.5 Å². The fourth-order valence-electron chi connectivity index (χ4n) is 2.02. The minimum atomic E-state index is 0.383. The smallest absolute Gasteiger partial charge is 0.222 e. The molecule has 16 heavy (non-hydrogen) atoms. The van der Waals surface area contributed by atoms with E-state index in [4.69, 9.17) is 0 Å². The highest BCUT2D eigenvalue weighted by Gasteiger charge is 2.29. The van der Waals surface area contributed by atoms with E-state index in [0.717, 1.165) is 25.6 Å². The van der Waals surface area contributed by atoms with E-state index in [1.54, 1.807) is 12.4 Å². The molecule has 0 radical (unpaired) electrons. The highest BCUT2D eigenvalue weighted by molar-refractivity contribution is 5.26. The number of anilines is 1. The van der Waals surface area contributed by atoms with E-state index < -0.39 is 0 Å². The van der Waals surface area contributed by atoms with Gasteiger partial charge in [0.15, 0.2) is 0 Å². The monoisotopic (exact) mass is 220 g/mol. The molecule has 0 spiro atoms. The van der Waals surface area contributed by atoms with Crippen LogP contribution in [0.2, 0.25) is 0 Å². The van der Waals surface area contributed by atoms with Gasteiger partial charge >= 0.3 is 0 Å². The molecular formula is C12H20N4. The van der Waals surface area contributed by atoms with Crippen LogP contribution in [-0.4, -0.2) is 40.5 Å². The van der Waals surface area contributed by atoms with Crippen LogP contribution >= 0.6 is 0 Å². The molecule has 88 valence electrons. The molecule has 0 aromatic carbocycles. The molecule has 0 saturated carbocycles. The number of hydrogen-bond acceptors (Lipinski definition) is 4. The maximum atomic E-state index is 4.16. The van der Waals surface area contributed by atoms with Crippen LogP contribution in [0.25, 0.3) is 0 Å². The first-order chi connectivity index (χ1) is 7.53. The molecule has 1 fully saturated rings. The summed E-state index contributed by atoms with van der Waals surface area (Å²) in [6.07, 6.45) is 3.53. The number of likely N-dealkylation sites (tertiary alicyclic amines) is 1. The van der Waals surface area contributed by atoms with Crippen molar-refractivity contribution in [1.29, 1.82) is 0 Å². The quantitative estimate of drug-likeness (QED) is 0.840. The Balaban J connectivity index is 1.73. The van der Waals surface area contributed by atoms with Gasteiger partial charge in [0.2, 0.25) is 5.95 Å². The minimum absolute atomic E-state index is 0.383. The van der Waals surface area contributed by atoms with E-state index in [2.05, 4.69) is 41.0 Å². The number of rotatable bonds is 3. The van der Waals surface area contributed by atoms with Crippen LogP contribution in [0, 0.1) is 5.41 Å². The van der Waals surface area contributed by atoms with Gasteiger partial charge in [0.05, 0.1) is 6.04 Å². The third-order valence-corrected chi connectivity index (χ3v) is 2.55. The van der Waals surface area contributed by atoms with Gasteiger partial charge in [0, 0.05) is 32.0 Å². The van der Waals surface area contributed by atoms with Crippen LogP contribution in [0.1, 0.15) is 20.8 Å². The van der Waals surface area contributed by atoms with Crippen molar-refractivity contribution in [2.45, 2.75) is 26.8 Å². The van der Waals surface area contributed by atoms with E-state index in [1.807, 2.05) is 6.07 Å². The largest absolute Gasteiger partial charge is 0.349 e. The van der Waals surface area contributed by atoms with Crippen molar-refractivity contribution in [3.8, 4) is 0 Å². The van der Waals surface area contributed by atoms with Gasteiger partial charge < -0.3 is 5.32 Å². The maximum Gasteiger partial charge on any atom is 0.222 e. The van der Waals surface area contributed by atoms with Gasteiger partial charge in [-0.1, -0.05) is 20.8 Å². The number of nitrogens with zero attached hydrogens (tertiary/aromatic N) is 3. The molecule has 4 heteroatoms. The summed E-state index contributed by atoms with van der Waals surface area (Å²) in [7, 11) is 0. The summed E-state index contributed by atoms with van der Waals surface area (Å²) in [6.45, 7) is 10.2. The SMILES string of the molecule is CC(C)(C)CN1CC(Nc2ncccn2)C1. The molecule has 1 aliphatic heterocycles. The zero-order chi connectivity index (χ0) is 11.6. The van der Waals surface area contributed by atoms with E-state index in [0.29, 0.717) is 11.5 Å². The van der Waals surface area contributed by atoms with Gasteiger partial charge in [-0.3, -0.25) is 4.90 Å². The Hall–Kier alpha value is -1.16. The summed E-state index contributed by atoms with van der Waals surface area (Å²) in [4.78, 5) is 10.8. The van der Waals surface area contributed by atoms with Gasteiger partial charge in [0.25, 0.3) is 0 Å². The average Bonchev–Trinajstić information content (AvgIpc) is 2.14. The number of aromatic nitrogens is 2. The lowest BCUT2D eigenvalue weighted by molar-refractivity contribution is 0.111. The Kier molecular flexibility index (Phi) is 3.10. The molecule has 2 rings (SSSR count). The van der Waals surface area contributed by atoms with Crippen molar-refractivity contribution in [1.82, 2.24) is 14.9 Å². The molecule has 0 atom stereocenters. The van der Waals surface area contributed by atoms with Crippen molar-refractivity contribution in [3.63, 3.8) is 0 Å². The second-order valence-electron chi connectivity index (χ2n) is 5.67. The molecule has 0 unspecified atom stereocenters. The van der Waals surface area contributed by atoms with Crippen LogP contribution in [-0.2, 0) is 0 Å². The van der Waals surface area contributed by atoms with Gasteiger partial charge in [-0.2, -0.15) is 0 Å². The summed E-state index contributed by atoms with van der Waals surface area (Å²) in [5, 5.41) is 3.33. The molecule has 1 aliphatic rings. The van der Waals surface area contributed by atoms with Crippen molar-refractivity contribution in [2.24, 2.45) is 5.41 Å². The lowest BCUT2D eigenvalue weighted by Crippen LogP contribution is -2.56. The first kappa shape index (κ1) is 11.3. The average molecular weight is 220 g/mol. The second kappa shape index (κ2) is 4.37. The van der Waals surface area contributed by atoms with Crippen LogP contribution < -0.4 is 5.32 Å². The molecule has 1 saturated heterocycles. The standard InChI is InChI=1S/C12H20N4/c1-12(2,3)9-16-7-10(8-16)15-11-13-5-4-6-14-11/h4-6,10H,7-9H2,1-3H3,(H,13,14,15). The van der Waals surface area contributed by atoms with Gasteiger partial charge in [-0.25, -0.2) is 9.97 Å². The summed E-state index contributed by atoms with van der Waals surface area (Å²) < 4.78 is 0. The second-order valence-corrected chi connectivity index (χ2v) is 5.67. The normalized spacial score (nSPS) is 18.2. The molecule has 1 aromatic rings. The zero-order valence-electron chi connectivity index (χ0n) is 10.3. The summed E-state index contributed by atoms with van der Waals surface area (Å²) in [5.41, 5.74) is 0.383. The number of hydrogen-bond donors (Lipinski definition) is 1. The van der Waals surface area contributed by atoms with E-state index in [-0.39, 0.29) is 0 Å². The first-order valence-electron chi connectivity index (χ1n) is 5.79. The lowest BCUT2D eigenvalue weighted by Gasteiger charge is -2.42. The van der Waals surface area contributed by atoms with Crippen molar-refractivity contribution in [2.75, 3.05) is 25.0 Å². The first-order valence-corrected chi connectivity index (χ1v) is 5.79. The topological polar surface area (TPSA) is 41.0 Å². The van der Waals surface area contributed by atoms with Gasteiger partial charge in [-0.15, -0.1) is 0 Å². The van der Waals surface area contributed by atoms with Crippen molar-refractivity contribution < 1.29 is 0 Å². The Morgan fingerprint density at radius 2 is 1.94 bits per heavy atom. The molecule has 2 heterocycles. The Bertz CT molecular complexity index is 325.